The molecule has 0 bridgehead atoms. The molecule has 0 spiro atoms. The maximum absolute atomic E-state index is 13.6. The third kappa shape index (κ3) is 3.24. The van der Waals surface area contributed by atoms with Crippen LogP contribution in [0.15, 0.2) is 40.6 Å². The van der Waals surface area contributed by atoms with Crippen molar-refractivity contribution in [2.24, 2.45) is 5.73 Å². The summed E-state index contributed by atoms with van der Waals surface area (Å²) in [6.45, 7) is 1.90. The molecule has 1 aromatic heterocycles. The molecule has 2 rings (SSSR count). The summed E-state index contributed by atoms with van der Waals surface area (Å²) >= 11 is 1.11. The maximum Gasteiger partial charge on any atom is 0.250 e. The third-order valence-electron chi connectivity index (χ3n) is 2.81. The summed E-state index contributed by atoms with van der Waals surface area (Å²) in [6.07, 6.45) is 0. The molecule has 20 heavy (non-hydrogen) atoms. The summed E-state index contributed by atoms with van der Waals surface area (Å²) in [5.74, 6) is -0.434. The number of hydrogen-bond donors (Lipinski definition) is 2. The lowest BCUT2D eigenvalue weighted by Crippen LogP contribution is -2.26. The number of halogens is 1. The number of nitrogens with two attached hydrogens (primary N) is 1. The van der Waals surface area contributed by atoms with Gasteiger partial charge in [0.25, 0.3) is 10.0 Å². The second-order valence-electron chi connectivity index (χ2n) is 4.29. The van der Waals surface area contributed by atoms with E-state index in [0.717, 1.165) is 16.2 Å². The fraction of sp³-hybridized carbons (Fsp3) is 0.231. The number of nitrogens with one attached hydrogen (secondary N) is 1. The molecule has 0 aliphatic rings. The Bertz CT molecular complexity index is 698. The average Bonchev–Trinajstić information content (AvgIpc) is 2.88. The normalized spacial score (nSPS) is 13.3. The predicted molar refractivity (Wildman–Crippen MR) is 77.3 cm³/mol. The predicted octanol–water partition coefficient (Wildman–Crippen LogP) is 2.39. The standard InChI is InChI=1S/C13H15FN2O2S2/c1-9(11-4-2-3-5-12(11)14)16-20(17,18)13-7-6-10(8-15)19-13/h2-7,9,16H,8,15H2,1H3. The van der Waals surface area contributed by atoms with Crippen LogP contribution in [0.2, 0.25) is 0 Å². The summed E-state index contributed by atoms with van der Waals surface area (Å²) in [7, 11) is -3.67. The van der Waals surface area contributed by atoms with Gasteiger partial charge in [-0.3, -0.25) is 0 Å². The van der Waals surface area contributed by atoms with Gasteiger partial charge in [0.05, 0.1) is 0 Å². The van der Waals surface area contributed by atoms with Crippen molar-refractivity contribution < 1.29 is 12.8 Å². The molecule has 2 aromatic rings. The number of rotatable bonds is 5. The fourth-order valence-corrected chi connectivity index (χ4v) is 4.27. The van der Waals surface area contributed by atoms with Crippen LogP contribution in [0, 0.1) is 5.82 Å². The van der Waals surface area contributed by atoms with E-state index in [1.54, 1.807) is 31.2 Å². The Kier molecular flexibility index (Phi) is 4.54. The molecular formula is C13H15FN2O2S2. The number of thiophene rings is 1. The van der Waals surface area contributed by atoms with Crippen LogP contribution in [0.5, 0.6) is 0 Å². The van der Waals surface area contributed by atoms with Gasteiger partial charge in [-0.2, -0.15) is 0 Å². The summed E-state index contributed by atoms with van der Waals surface area (Å²) in [6, 6.07) is 8.62. The summed E-state index contributed by atoms with van der Waals surface area (Å²) in [4.78, 5) is 0.781. The molecule has 108 valence electrons. The zero-order valence-electron chi connectivity index (χ0n) is 10.8. The zero-order chi connectivity index (χ0) is 14.8. The topological polar surface area (TPSA) is 72.2 Å². The first-order chi connectivity index (χ1) is 9.44. The fourth-order valence-electron chi connectivity index (χ4n) is 1.79. The van der Waals surface area contributed by atoms with Crippen molar-refractivity contribution in [2.45, 2.75) is 23.7 Å². The molecule has 7 heteroatoms. The van der Waals surface area contributed by atoms with E-state index in [0.29, 0.717) is 12.1 Å². The first-order valence-electron chi connectivity index (χ1n) is 5.99. The molecule has 3 N–H and O–H groups in total. The van der Waals surface area contributed by atoms with Crippen molar-refractivity contribution in [2.75, 3.05) is 0 Å². The van der Waals surface area contributed by atoms with Gasteiger partial charge in [0, 0.05) is 23.0 Å². The molecule has 0 fully saturated rings. The minimum atomic E-state index is -3.67. The molecule has 0 aliphatic carbocycles. The second kappa shape index (κ2) is 6.01. The van der Waals surface area contributed by atoms with Gasteiger partial charge in [-0.25, -0.2) is 17.5 Å². The highest BCUT2D eigenvalue weighted by Crippen LogP contribution is 2.24. The molecule has 0 saturated carbocycles. The quantitative estimate of drug-likeness (QED) is 0.890. The van der Waals surface area contributed by atoms with E-state index in [1.165, 1.54) is 12.1 Å². The minimum absolute atomic E-state index is 0.182. The summed E-state index contributed by atoms with van der Waals surface area (Å²) < 4.78 is 40.7. The zero-order valence-corrected chi connectivity index (χ0v) is 12.5. The molecule has 0 amide bonds. The van der Waals surface area contributed by atoms with Crippen LogP contribution in [0.1, 0.15) is 23.4 Å². The highest BCUT2D eigenvalue weighted by molar-refractivity contribution is 7.91. The van der Waals surface area contributed by atoms with Crippen molar-refractivity contribution in [3.8, 4) is 0 Å². The molecule has 1 atom stereocenters. The van der Waals surface area contributed by atoms with E-state index in [4.69, 9.17) is 5.73 Å². The van der Waals surface area contributed by atoms with Crippen molar-refractivity contribution in [3.63, 3.8) is 0 Å². The van der Waals surface area contributed by atoms with Crippen molar-refractivity contribution in [1.29, 1.82) is 0 Å². The van der Waals surface area contributed by atoms with Crippen LogP contribution in [0.25, 0.3) is 0 Å². The smallest absolute Gasteiger partial charge is 0.250 e. The maximum atomic E-state index is 13.6. The van der Waals surface area contributed by atoms with Gasteiger partial charge in [0.2, 0.25) is 0 Å². The SMILES string of the molecule is CC(NS(=O)(=O)c1ccc(CN)s1)c1ccccc1F. The van der Waals surface area contributed by atoms with Crippen molar-refractivity contribution >= 4 is 21.4 Å². The number of benzene rings is 1. The lowest BCUT2D eigenvalue weighted by atomic mass is 10.1. The van der Waals surface area contributed by atoms with Gasteiger partial charge in [-0.15, -0.1) is 11.3 Å². The molecule has 0 aliphatic heterocycles. The van der Waals surface area contributed by atoms with Gasteiger partial charge >= 0.3 is 0 Å². The summed E-state index contributed by atoms with van der Waals surface area (Å²) in [5.41, 5.74) is 5.78. The van der Waals surface area contributed by atoms with Gasteiger partial charge in [-0.1, -0.05) is 18.2 Å². The van der Waals surface area contributed by atoms with Gasteiger partial charge in [0.1, 0.15) is 10.0 Å². The van der Waals surface area contributed by atoms with Crippen LogP contribution in [-0.2, 0) is 16.6 Å². The largest absolute Gasteiger partial charge is 0.326 e. The Labute approximate surface area is 121 Å². The molecule has 4 nitrogen and oxygen atoms in total. The Balaban J connectivity index is 2.22. The Morgan fingerprint density at radius 3 is 2.60 bits per heavy atom. The molecule has 0 saturated heterocycles. The monoisotopic (exact) mass is 314 g/mol. The lowest BCUT2D eigenvalue weighted by Gasteiger charge is -2.14. The van der Waals surface area contributed by atoms with E-state index in [1.807, 2.05) is 0 Å². The second-order valence-corrected chi connectivity index (χ2v) is 7.40. The average molecular weight is 314 g/mol. The third-order valence-corrected chi connectivity index (χ3v) is 5.95. The van der Waals surface area contributed by atoms with Crippen LogP contribution in [0.4, 0.5) is 4.39 Å². The van der Waals surface area contributed by atoms with E-state index >= 15 is 0 Å². The Morgan fingerprint density at radius 2 is 2.00 bits per heavy atom. The van der Waals surface area contributed by atoms with Crippen molar-refractivity contribution in [1.82, 2.24) is 4.72 Å². The molecule has 0 radical (unpaired) electrons. The molecule has 1 heterocycles. The van der Waals surface area contributed by atoms with E-state index in [-0.39, 0.29) is 4.21 Å². The van der Waals surface area contributed by atoms with Crippen LogP contribution in [-0.4, -0.2) is 8.42 Å². The highest BCUT2D eigenvalue weighted by atomic mass is 32.2. The lowest BCUT2D eigenvalue weighted by molar-refractivity contribution is 0.551. The van der Waals surface area contributed by atoms with Crippen LogP contribution < -0.4 is 10.5 Å². The first-order valence-corrected chi connectivity index (χ1v) is 8.29. The highest BCUT2D eigenvalue weighted by Gasteiger charge is 2.21. The van der Waals surface area contributed by atoms with E-state index in [9.17, 15) is 12.8 Å². The van der Waals surface area contributed by atoms with Gasteiger partial charge < -0.3 is 5.73 Å². The minimum Gasteiger partial charge on any atom is -0.326 e. The van der Waals surface area contributed by atoms with Crippen LogP contribution >= 0.6 is 11.3 Å². The van der Waals surface area contributed by atoms with E-state index in [2.05, 4.69) is 4.72 Å². The van der Waals surface area contributed by atoms with Crippen molar-refractivity contribution in [3.05, 3.63) is 52.7 Å². The summed E-state index contributed by atoms with van der Waals surface area (Å²) in [5, 5.41) is 0. The molecule has 1 unspecified atom stereocenters. The van der Waals surface area contributed by atoms with E-state index < -0.39 is 21.9 Å². The Hall–Kier alpha value is -1.28. The number of sulfonamides is 1. The van der Waals surface area contributed by atoms with Crippen LogP contribution in [0.3, 0.4) is 0 Å². The Morgan fingerprint density at radius 1 is 1.30 bits per heavy atom. The van der Waals surface area contributed by atoms with Gasteiger partial charge in [0.15, 0.2) is 0 Å². The first kappa shape index (κ1) is 15.1. The molecular weight excluding hydrogens is 299 g/mol. The molecule has 1 aromatic carbocycles. The van der Waals surface area contributed by atoms with Gasteiger partial charge in [-0.05, 0) is 25.1 Å². The number of hydrogen-bond acceptors (Lipinski definition) is 4.